The van der Waals surface area contributed by atoms with Gasteiger partial charge in [-0.2, -0.15) is 0 Å². The summed E-state index contributed by atoms with van der Waals surface area (Å²) in [5.74, 6) is 0.284. The van der Waals surface area contributed by atoms with Gasteiger partial charge in [-0.25, -0.2) is 0 Å². The number of anilines is 1. The predicted octanol–water partition coefficient (Wildman–Crippen LogP) is 3.15. The summed E-state index contributed by atoms with van der Waals surface area (Å²) < 4.78 is 0. The molecule has 3 rings (SSSR count). The van der Waals surface area contributed by atoms with E-state index in [1.807, 2.05) is 29.2 Å². The Morgan fingerprint density at radius 3 is 2.38 bits per heavy atom. The Bertz CT molecular complexity index is 612. The van der Waals surface area contributed by atoms with Crippen molar-refractivity contribution in [1.29, 1.82) is 0 Å². The first-order valence-corrected chi connectivity index (χ1v) is 9.48. The van der Waals surface area contributed by atoms with Crippen molar-refractivity contribution in [3.05, 3.63) is 29.8 Å². The third-order valence-corrected chi connectivity index (χ3v) is 5.69. The van der Waals surface area contributed by atoms with Crippen LogP contribution in [0.2, 0.25) is 0 Å². The maximum absolute atomic E-state index is 12.3. The van der Waals surface area contributed by atoms with Crippen molar-refractivity contribution >= 4 is 29.9 Å². The summed E-state index contributed by atoms with van der Waals surface area (Å²) in [5, 5.41) is 3.03. The van der Waals surface area contributed by atoms with Gasteiger partial charge in [0, 0.05) is 31.6 Å². The molecule has 1 aliphatic carbocycles. The molecule has 0 atom stereocenters. The Kier molecular flexibility index (Phi) is 7.47. The fourth-order valence-corrected chi connectivity index (χ4v) is 4.07. The number of rotatable bonds is 6. The molecule has 3 N–H and O–H groups in total. The Labute approximate surface area is 162 Å². The van der Waals surface area contributed by atoms with E-state index in [0.717, 1.165) is 37.1 Å². The number of hydrogen-bond acceptors (Lipinski definition) is 3. The minimum absolute atomic E-state index is 0. The minimum atomic E-state index is 0. The highest BCUT2D eigenvalue weighted by molar-refractivity contribution is 5.95. The standard InChI is InChI=1S/C20H29N3O2.ClH/c21-15-20(10-2-1-3-11-20)13-18(24)22-14-16-6-8-17(9-7-16)23-12-4-5-19(23)25;/h6-9H,1-5,10-15,21H2,(H,22,24);1H. The van der Waals surface area contributed by atoms with Gasteiger partial charge in [0.25, 0.3) is 0 Å². The molecule has 0 aromatic heterocycles. The number of carbonyl (C=O) groups is 2. The van der Waals surface area contributed by atoms with Gasteiger partial charge in [-0.1, -0.05) is 31.4 Å². The Morgan fingerprint density at radius 1 is 1.12 bits per heavy atom. The first kappa shape index (κ1) is 20.7. The highest BCUT2D eigenvalue weighted by Gasteiger charge is 2.32. The van der Waals surface area contributed by atoms with E-state index in [2.05, 4.69) is 5.32 Å². The highest BCUT2D eigenvalue weighted by Crippen LogP contribution is 2.38. The van der Waals surface area contributed by atoms with Gasteiger partial charge < -0.3 is 16.0 Å². The molecule has 2 fully saturated rings. The second kappa shape index (κ2) is 9.38. The fraction of sp³-hybridized carbons (Fsp3) is 0.600. The average Bonchev–Trinajstić information content (AvgIpc) is 3.07. The summed E-state index contributed by atoms with van der Waals surface area (Å²) in [4.78, 5) is 26.0. The van der Waals surface area contributed by atoms with Crippen molar-refractivity contribution in [2.75, 3.05) is 18.0 Å². The van der Waals surface area contributed by atoms with Gasteiger partial charge in [0.15, 0.2) is 0 Å². The smallest absolute Gasteiger partial charge is 0.227 e. The number of hydrogen-bond donors (Lipinski definition) is 2. The van der Waals surface area contributed by atoms with E-state index in [4.69, 9.17) is 5.73 Å². The summed E-state index contributed by atoms with van der Waals surface area (Å²) in [5.41, 5.74) is 7.97. The van der Waals surface area contributed by atoms with Crippen LogP contribution >= 0.6 is 12.4 Å². The molecule has 0 unspecified atom stereocenters. The molecule has 0 bridgehead atoms. The second-order valence-electron chi connectivity index (χ2n) is 7.53. The van der Waals surface area contributed by atoms with E-state index in [9.17, 15) is 9.59 Å². The van der Waals surface area contributed by atoms with Crippen LogP contribution in [0.5, 0.6) is 0 Å². The molecule has 2 aliphatic rings. The molecule has 144 valence electrons. The molecule has 0 spiro atoms. The average molecular weight is 380 g/mol. The molecule has 1 heterocycles. The number of halogens is 1. The Balaban J connectivity index is 0.00000243. The van der Waals surface area contributed by atoms with E-state index in [1.54, 1.807) is 0 Å². The van der Waals surface area contributed by atoms with E-state index in [1.165, 1.54) is 19.3 Å². The highest BCUT2D eigenvalue weighted by atomic mass is 35.5. The lowest BCUT2D eigenvalue weighted by molar-refractivity contribution is -0.124. The van der Waals surface area contributed by atoms with Crippen molar-refractivity contribution in [1.82, 2.24) is 5.32 Å². The zero-order chi connectivity index (χ0) is 17.7. The molecular formula is C20H30ClN3O2. The zero-order valence-corrected chi connectivity index (χ0v) is 16.2. The van der Waals surface area contributed by atoms with Crippen molar-refractivity contribution in [2.45, 2.75) is 57.9 Å². The second-order valence-corrected chi connectivity index (χ2v) is 7.53. The quantitative estimate of drug-likeness (QED) is 0.797. The van der Waals surface area contributed by atoms with E-state index in [-0.39, 0.29) is 29.6 Å². The number of nitrogens with zero attached hydrogens (tertiary/aromatic N) is 1. The van der Waals surface area contributed by atoms with Gasteiger partial charge in [-0.3, -0.25) is 9.59 Å². The van der Waals surface area contributed by atoms with Gasteiger partial charge in [0.1, 0.15) is 0 Å². The van der Waals surface area contributed by atoms with E-state index >= 15 is 0 Å². The van der Waals surface area contributed by atoms with Crippen LogP contribution in [0.25, 0.3) is 0 Å². The summed E-state index contributed by atoms with van der Waals surface area (Å²) in [6.07, 6.45) is 7.85. The SMILES string of the molecule is Cl.NCC1(CC(=O)NCc2ccc(N3CCCC3=O)cc2)CCCCC1. The van der Waals surface area contributed by atoms with Crippen molar-refractivity contribution in [3.8, 4) is 0 Å². The first-order chi connectivity index (χ1) is 12.1. The number of nitrogens with two attached hydrogens (primary N) is 1. The maximum Gasteiger partial charge on any atom is 0.227 e. The topological polar surface area (TPSA) is 75.4 Å². The normalized spacial score (nSPS) is 19.1. The Hall–Kier alpha value is -1.59. The fourth-order valence-electron chi connectivity index (χ4n) is 4.07. The van der Waals surface area contributed by atoms with Crippen molar-refractivity contribution < 1.29 is 9.59 Å². The van der Waals surface area contributed by atoms with E-state index < -0.39 is 0 Å². The molecule has 1 aliphatic heterocycles. The molecule has 5 nitrogen and oxygen atoms in total. The molecule has 1 saturated carbocycles. The summed E-state index contributed by atoms with van der Waals surface area (Å²) in [6, 6.07) is 7.90. The van der Waals surface area contributed by atoms with Crippen LogP contribution in [0.15, 0.2) is 24.3 Å². The van der Waals surface area contributed by atoms with E-state index in [0.29, 0.717) is 25.9 Å². The summed E-state index contributed by atoms with van der Waals surface area (Å²) >= 11 is 0. The van der Waals surface area contributed by atoms with Crippen LogP contribution in [-0.4, -0.2) is 24.9 Å². The number of carbonyl (C=O) groups excluding carboxylic acids is 2. The van der Waals surface area contributed by atoms with Crippen LogP contribution < -0.4 is 16.0 Å². The van der Waals surface area contributed by atoms with Crippen molar-refractivity contribution in [3.63, 3.8) is 0 Å². The minimum Gasteiger partial charge on any atom is -0.352 e. The lowest BCUT2D eigenvalue weighted by atomic mass is 9.71. The lowest BCUT2D eigenvalue weighted by Gasteiger charge is -2.35. The number of benzene rings is 1. The molecule has 26 heavy (non-hydrogen) atoms. The first-order valence-electron chi connectivity index (χ1n) is 9.48. The largest absolute Gasteiger partial charge is 0.352 e. The van der Waals surface area contributed by atoms with Gasteiger partial charge >= 0.3 is 0 Å². The molecule has 1 aromatic rings. The molecular weight excluding hydrogens is 350 g/mol. The van der Waals surface area contributed by atoms with Gasteiger partial charge in [-0.15, -0.1) is 12.4 Å². The van der Waals surface area contributed by atoms with Crippen LogP contribution in [0.4, 0.5) is 5.69 Å². The molecule has 1 aromatic carbocycles. The number of amides is 2. The van der Waals surface area contributed by atoms with Crippen LogP contribution in [0, 0.1) is 5.41 Å². The molecule has 2 amide bonds. The third kappa shape index (κ3) is 4.98. The number of nitrogens with one attached hydrogen (secondary N) is 1. The predicted molar refractivity (Wildman–Crippen MR) is 106 cm³/mol. The van der Waals surface area contributed by atoms with Gasteiger partial charge in [0.2, 0.25) is 11.8 Å². The van der Waals surface area contributed by atoms with Crippen LogP contribution in [0.3, 0.4) is 0 Å². The Morgan fingerprint density at radius 2 is 1.81 bits per heavy atom. The zero-order valence-electron chi connectivity index (χ0n) is 15.3. The maximum atomic E-state index is 12.3. The molecule has 6 heteroatoms. The van der Waals surface area contributed by atoms with Gasteiger partial charge in [0.05, 0.1) is 0 Å². The van der Waals surface area contributed by atoms with Gasteiger partial charge in [-0.05, 0) is 48.9 Å². The summed E-state index contributed by atoms with van der Waals surface area (Å²) in [6.45, 7) is 1.92. The molecule has 1 saturated heterocycles. The van der Waals surface area contributed by atoms with Crippen LogP contribution in [-0.2, 0) is 16.1 Å². The monoisotopic (exact) mass is 379 g/mol. The molecule has 0 radical (unpaired) electrons. The summed E-state index contributed by atoms with van der Waals surface area (Å²) in [7, 11) is 0. The van der Waals surface area contributed by atoms with Crippen LogP contribution in [0.1, 0.15) is 56.9 Å². The third-order valence-electron chi connectivity index (χ3n) is 5.69. The van der Waals surface area contributed by atoms with Crippen molar-refractivity contribution in [2.24, 2.45) is 11.1 Å². The lowest BCUT2D eigenvalue weighted by Crippen LogP contribution is -2.38.